The minimum atomic E-state index is 0.621. The number of halogens is 1. The Morgan fingerprint density at radius 3 is 2.50 bits per heavy atom. The summed E-state index contributed by atoms with van der Waals surface area (Å²) in [5.74, 6) is 0.722. The van der Waals surface area contributed by atoms with Gasteiger partial charge in [-0.3, -0.25) is 0 Å². The Labute approximate surface area is 126 Å². The highest BCUT2D eigenvalue weighted by molar-refractivity contribution is 6.31. The van der Waals surface area contributed by atoms with E-state index in [0.29, 0.717) is 6.04 Å². The first-order valence-corrected chi connectivity index (χ1v) is 7.64. The first-order valence-electron chi connectivity index (χ1n) is 7.26. The smallest absolute Gasteiger partial charge is 0.0450 e. The molecule has 2 aromatic carbocycles. The Kier molecular flexibility index (Phi) is 4.09. The molecule has 1 nitrogen and oxygen atoms in total. The second-order valence-corrected chi connectivity index (χ2v) is 6.10. The van der Waals surface area contributed by atoms with Gasteiger partial charge >= 0.3 is 0 Å². The fourth-order valence-electron chi connectivity index (χ4n) is 2.98. The minimum absolute atomic E-state index is 0.621. The van der Waals surface area contributed by atoms with Crippen molar-refractivity contribution >= 4 is 11.6 Å². The number of rotatable bonds is 4. The summed E-state index contributed by atoms with van der Waals surface area (Å²) in [4.78, 5) is 0. The summed E-state index contributed by atoms with van der Waals surface area (Å²) >= 11 is 6.17. The molecule has 0 aromatic heterocycles. The first kappa shape index (κ1) is 13.7. The van der Waals surface area contributed by atoms with Crippen molar-refractivity contribution in [2.45, 2.75) is 38.3 Å². The van der Waals surface area contributed by atoms with Crippen molar-refractivity contribution in [3.8, 4) is 0 Å². The van der Waals surface area contributed by atoms with Crippen LogP contribution in [0.15, 0.2) is 48.5 Å². The molecule has 3 rings (SSSR count). The standard InChI is InChI=1S/C18H20ClN/c1-13-6-2-4-8-17(13)15-10-16(11-15)20-12-14-7-3-5-9-18(14)19/h2-9,15-16,20H,10-12H2,1H3. The predicted molar refractivity (Wildman–Crippen MR) is 85.2 cm³/mol. The molecular formula is C18H20ClN. The maximum absolute atomic E-state index is 6.17. The van der Waals surface area contributed by atoms with E-state index in [9.17, 15) is 0 Å². The number of hydrogen-bond donors (Lipinski definition) is 1. The summed E-state index contributed by atoms with van der Waals surface area (Å²) in [5, 5.41) is 4.47. The van der Waals surface area contributed by atoms with Crippen LogP contribution in [0.1, 0.15) is 35.4 Å². The van der Waals surface area contributed by atoms with Gasteiger partial charge in [-0.05, 0) is 48.4 Å². The fourth-order valence-corrected chi connectivity index (χ4v) is 3.18. The first-order chi connectivity index (χ1) is 9.74. The maximum Gasteiger partial charge on any atom is 0.0450 e. The van der Waals surface area contributed by atoms with Gasteiger partial charge in [-0.15, -0.1) is 0 Å². The normalized spacial score (nSPS) is 21.5. The van der Waals surface area contributed by atoms with Gasteiger partial charge in [0, 0.05) is 17.6 Å². The van der Waals surface area contributed by atoms with Crippen LogP contribution in [0.2, 0.25) is 5.02 Å². The number of nitrogens with one attached hydrogen (secondary N) is 1. The number of hydrogen-bond acceptors (Lipinski definition) is 1. The van der Waals surface area contributed by atoms with Gasteiger partial charge in [0.2, 0.25) is 0 Å². The van der Waals surface area contributed by atoms with Gasteiger partial charge in [-0.1, -0.05) is 54.1 Å². The van der Waals surface area contributed by atoms with E-state index in [1.54, 1.807) is 0 Å². The van der Waals surface area contributed by atoms with Crippen molar-refractivity contribution in [2.75, 3.05) is 0 Å². The molecule has 1 fully saturated rings. The van der Waals surface area contributed by atoms with E-state index in [2.05, 4.69) is 42.6 Å². The van der Waals surface area contributed by atoms with Crippen LogP contribution in [0.4, 0.5) is 0 Å². The Bertz CT molecular complexity index is 585. The Balaban J connectivity index is 1.52. The van der Waals surface area contributed by atoms with Crippen LogP contribution in [-0.4, -0.2) is 6.04 Å². The Hall–Kier alpha value is -1.31. The van der Waals surface area contributed by atoms with E-state index in [4.69, 9.17) is 11.6 Å². The zero-order valence-corrected chi connectivity index (χ0v) is 12.5. The number of aryl methyl sites for hydroxylation is 1. The molecule has 0 radical (unpaired) electrons. The van der Waals surface area contributed by atoms with Crippen LogP contribution in [0.3, 0.4) is 0 Å². The second kappa shape index (κ2) is 5.99. The highest BCUT2D eigenvalue weighted by atomic mass is 35.5. The summed E-state index contributed by atoms with van der Waals surface area (Å²) in [6, 6.07) is 17.4. The molecule has 0 bridgehead atoms. The molecule has 20 heavy (non-hydrogen) atoms. The molecule has 1 aliphatic rings. The lowest BCUT2D eigenvalue weighted by Crippen LogP contribution is -2.39. The zero-order chi connectivity index (χ0) is 13.9. The molecule has 0 spiro atoms. The van der Waals surface area contributed by atoms with Gasteiger partial charge in [0.1, 0.15) is 0 Å². The monoisotopic (exact) mass is 285 g/mol. The average Bonchev–Trinajstić information content (AvgIpc) is 2.41. The van der Waals surface area contributed by atoms with E-state index < -0.39 is 0 Å². The highest BCUT2D eigenvalue weighted by Gasteiger charge is 2.30. The third-order valence-electron chi connectivity index (χ3n) is 4.31. The molecule has 2 heteroatoms. The summed E-state index contributed by atoms with van der Waals surface area (Å²) in [6.45, 7) is 3.07. The fraction of sp³-hybridized carbons (Fsp3) is 0.333. The summed E-state index contributed by atoms with van der Waals surface area (Å²) in [5.41, 5.74) is 4.12. The van der Waals surface area contributed by atoms with Crippen LogP contribution < -0.4 is 5.32 Å². The summed E-state index contributed by atoms with van der Waals surface area (Å²) in [7, 11) is 0. The molecule has 1 saturated carbocycles. The van der Waals surface area contributed by atoms with Gasteiger partial charge in [0.05, 0.1) is 0 Å². The lowest BCUT2D eigenvalue weighted by atomic mass is 9.74. The van der Waals surface area contributed by atoms with Crippen molar-refractivity contribution in [3.05, 3.63) is 70.2 Å². The molecule has 2 aromatic rings. The van der Waals surface area contributed by atoms with E-state index in [-0.39, 0.29) is 0 Å². The average molecular weight is 286 g/mol. The third kappa shape index (κ3) is 2.89. The van der Waals surface area contributed by atoms with Crippen LogP contribution in [0.25, 0.3) is 0 Å². The third-order valence-corrected chi connectivity index (χ3v) is 4.67. The van der Waals surface area contributed by atoms with E-state index >= 15 is 0 Å². The van der Waals surface area contributed by atoms with Crippen molar-refractivity contribution in [3.63, 3.8) is 0 Å². The van der Waals surface area contributed by atoms with Gasteiger partial charge in [-0.25, -0.2) is 0 Å². The molecule has 1 aliphatic carbocycles. The highest BCUT2D eigenvalue weighted by Crippen LogP contribution is 2.38. The predicted octanol–water partition coefficient (Wildman–Crippen LogP) is 4.68. The quantitative estimate of drug-likeness (QED) is 0.860. The van der Waals surface area contributed by atoms with E-state index in [1.165, 1.54) is 29.5 Å². The van der Waals surface area contributed by atoms with E-state index in [1.807, 2.05) is 18.2 Å². The van der Waals surface area contributed by atoms with Crippen LogP contribution in [0.5, 0.6) is 0 Å². The molecule has 0 heterocycles. The summed E-state index contributed by atoms with van der Waals surface area (Å²) < 4.78 is 0. The Morgan fingerprint density at radius 2 is 1.75 bits per heavy atom. The molecule has 0 unspecified atom stereocenters. The van der Waals surface area contributed by atoms with Crippen LogP contribution >= 0.6 is 11.6 Å². The molecule has 0 atom stereocenters. The van der Waals surface area contributed by atoms with Crippen molar-refractivity contribution in [1.29, 1.82) is 0 Å². The topological polar surface area (TPSA) is 12.0 Å². The van der Waals surface area contributed by atoms with Gasteiger partial charge in [-0.2, -0.15) is 0 Å². The molecule has 1 N–H and O–H groups in total. The minimum Gasteiger partial charge on any atom is -0.310 e. The number of benzene rings is 2. The molecule has 104 valence electrons. The molecule has 0 amide bonds. The van der Waals surface area contributed by atoms with Crippen molar-refractivity contribution in [2.24, 2.45) is 0 Å². The van der Waals surface area contributed by atoms with Gasteiger partial charge in [0.15, 0.2) is 0 Å². The lowest BCUT2D eigenvalue weighted by molar-refractivity contribution is 0.289. The SMILES string of the molecule is Cc1ccccc1C1CC(NCc2ccccc2Cl)C1. The Morgan fingerprint density at radius 1 is 1.05 bits per heavy atom. The lowest BCUT2D eigenvalue weighted by Gasteiger charge is -2.37. The van der Waals surface area contributed by atoms with Crippen LogP contribution in [0, 0.1) is 6.92 Å². The molecule has 0 aliphatic heterocycles. The van der Waals surface area contributed by atoms with Crippen molar-refractivity contribution < 1.29 is 0 Å². The molecule has 0 saturated heterocycles. The maximum atomic E-state index is 6.17. The van der Waals surface area contributed by atoms with Crippen LogP contribution in [-0.2, 0) is 6.54 Å². The van der Waals surface area contributed by atoms with Gasteiger partial charge in [0.25, 0.3) is 0 Å². The van der Waals surface area contributed by atoms with E-state index in [0.717, 1.165) is 17.5 Å². The zero-order valence-electron chi connectivity index (χ0n) is 11.8. The molecular weight excluding hydrogens is 266 g/mol. The van der Waals surface area contributed by atoms with Gasteiger partial charge < -0.3 is 5.32 Å². The largest absolute Gasteiger partial charge is 0.310 e. The summed E-state index contributed by atoms with van der Waals surface area (Å²) in [6.07, 6.45) is 2.46. The second-order valence-electron chi connectivity index (χ2n) is 5.69. The van der Waals surface area contributed by atoms with Crippen molar-refractivity contribution in [1.82, 2.24) is 5.32 Å².